The second-order valence-corrected chi connectivity index (χ2v) is 4.96. The van der Waals surface area contributed by atoms with Gasteiger partial charge in [-0.05, 0) is 32.0 Å². The first-order chi connectivity index (χ1) is 9.97. The Morgan fingerprint density at radius 1 is 1.24 bits per heavy atom. The van der Waals surface area contributed by atoms with Crippen LogP contribution in [0.5, 0.6) is 0 Å². The Kier molecular flexibility index (Phi) is 6.84. The topological polar surface area (TPSA) is 87.5 Å². The van der Waals surface area contributed by atoms with Gasteiger partial charge in [0.25, 0.3) is 0 Å². The second-order valence-electron chi connectivity index (χ2n) is 4.96. The molecule has 21 heavy (non-hydrogen) atoms. The number of benzene rings is 1. The molecule has 0 aliphatic heterocycles. The molecular weight excluding hydrogens is 268 g/mol. The van der Waals surface area contributed by atoms with Gasteiger partial charge < -0.3 is 11.1 Å². The number of nitrogens with zero attached hydrogens (tertiary/aromatic N) is 1. The fourth-order valence-corrected chi connectivity index (χ4v) is 1.83. The number of urea groups is 1. The number of likely N-dealkylation sites (N-methyl/N-ethyl adjacent to an activating group) is 1. The highest BCUT2D eigenvalue weighted by molar-refractivity contribution is 5.96. The van der Waals surface area contributed by atoms with E-state index in [0.717, 1.165) is 11.1 Å². The lowest BCUT2D eigenvalue weighted by Gasteiger charge is -2.23. The van der Waals surface area contributed by atoms with Crippen LogP contribution in [0.3, 0.4) is 0 Å². The van der Waals surface area contributed by atoms with Crippen molar-refractivity contribution < 1.29 is 9.59 Å². The molecule has 0 saturated carbocycles. The van der Waals surface area contributed by atoms with Crippen LogP contribution in [0.4, 0.5) is 4.79 Å². The van der Waals surface area contributed by atoms with Crippen LogP contribution in [-0.4, -0.2) is 36.5 Å². The first kappa shape index (κ1) is 17.1. The molecular formula is C15H24N4O2. The molecule has 0 aliphatic carbocycles. The summed E-state index contributed by atoms with van der Waals surface area (Å²) in [7, 11) is 1.85. The summed E-state index contributed by atoms with van der Waals surface area (Å²) in [4.78, 5) is 25.1. The van der Waals surface area contributed by atoms with Crippen molar-refractivity contribution in [2.24, 2.45) is 5.73 Å². The summed E-state index contributed by atoms with van der Waals surface area (Å²) in [6, 6.07) is 7.07. The van der Waals surface area contributed by atoms with Gasteiger partial charge in [-0.3, -0.25) is 15.0 Å². The monoisotopic (exact) mass is 292 g/mol. The fraction of sp³-hybridized carbons (Fsp3) is 0.467. The van der Waals surface area contributed by atoms with Crippen LogP contribution in [0.15, 0.2) is 24.3 Å². The Hall–Kier alpha value is -1.92. The number of carbonyl (C=O) groups is 2. The Morgan fingerprint density at radius 3 is 2.33 bits per heavy atom. The molecule has 0 fully saturated rings. The van der Waals surface area contributed by atoms with Gasteiger partial charge in [-0.1, -0.05) is 24.3 Å². The quantitative estimate of drug-likeness (QED) is 0.724. The normalized spacial score (nSPS) is 12.0. The minimum Gasteiger partial charge on any atom is -0.338 e. The van der Waals surface area contributed by atoms with Crippen LogP contribution in [0.1, 0.15) is 25.0 Å². The molecule has 6 nitrogen and oxygen atoms in total. The van der Waals surface area contributed by atoms with Gasteiger partial charge in [0.15, 0.2) is 0 Å². The van der Waals surface area contributed by atoms with Gasteiger partial charge in [-0.25, -0.2) is 4.79 Å². The summed E-state index contributed by atoms with van der Waals surface area (Å²) >= 11 is 0. The molecule has 0 heterocycles. The standard InChI is InChI=1S/C15H24N4O2/c1-4-17-15(21)18-14(20)11(2)19(3)10-13-7-5-12(9-16)6-8-13/h5-8,11H,4,9-10,16H2,1-3H3,(H2,17,18,20,21). The van der Waals surface area contributed by atoms with E-state index >= 15 is 0 Å². The summed E-state index contributed by atoms with van der Waals surface area (Å²) < 4.78 is 0. The zero-order valence-corrected chi connectivity index (χ0v) is 12.8. The van der Waals surface area contributed by atoms with Crippen LogP contribution in [-0.2, 0) is 17.9 Å². The van der Waals surface area contributed by atoms with E-state index in [1.165, 1.54) is 0 Å². The lowest BCUT2D eigenvalue weighted by atomic mass is 10.1. The Bertz CT molecular complexity index is 473. The van der Waals surface area contributed by atoms with Crippen molar-refractivity contribution in [2.45, 2.75) is 33.0 Å². The van der Waals surface area contributed by atoms with Crippen LogP contribution >= 0.6 is 0 Å². The number of amides is 3. The number of carbonyl (C=O) groups excluding carboxylic acids is 2. The van der Waals surface area contributed by atoms with E-state index in [4.69, 9.17) is 5.73 Å². The van der Waals surface area contributed by atoms with Crippen molar-refractivity contribution in [1.82, 2.24) is 15.5 Å². The van der Waals surface area contributed by atoms with Crippen molar-refractivity contribution >= 4 is 11.9 Å². The van der Waals surface area contributed by atoms with Crippen molar-refractivity contribution in [3.05, 3.63) is 35.4 Å². The van der Waals surface area contributed by atoms with Gasteiger partial charge in [0.1, 0.15) is 0 Å². The molecule has 3 amide bonds. The molecule has 1 unspecified atom stereocenters. The molecule has 0 radical (unpaired) electrons. The number of nitrogens with two attached hydrogens (primary N) is 1. The maximum absolute atomic E-state index is 11.9. The van der Waals surface area contributed by atoms with Gasteiger partial charge in [0, 0.05) is 19.6 Å². The molecule has 0 saturated heterocycles. The first-order valence-electron chi connectivity index (χ1n) is 7.04. The molecule has 1 atom stereocenters. The summed E-state index contributed by atoms with van der Waals surface area (Å²) in [6.07, 6.45) is 0. The highest BCUT2D eigenvalue weighted by atomic mass is 16.2. The molecule has 1 aromatic rings. The minimum absolute atomic E-state index is 0.318. The second kappa shape index (κ2) is 8.39. The third-order valence-corrected chi connectivity index (χ3v) is 3.31. The lowest BCUT2D eigenvalue weighted by molar-refractivity contribution is -0.124. The van der Waals surface area contributed by atoms with Gasteiger partial charge in [-0.2, -0.15) is 0 Å². The van der Waals surface area contributed by atoms with E-state index in [-0.39, 0.29) is 5.91 Å². The Morgan fingerprint density at radius 2 is 1.81 bits per heavy atom. The van der Waals surface area contributed by atoms with E-state index < -0.39 is 12.1 Å². The highest BCUT2D eigenvalue weighted by Gasteiger charge is 2.19. The Balaban J connectivity index is 2.54. The van der Waals surface area contributed by atoms with E-state index in [1.54, 1.807) is 13.8 Å². The lowest BCUT2D eigenvalue weighted by Crippen LogP contribution is -2.48. The van der Waals surface area contributed by atoms with E-state index in [0.29, 0.717) is 19.6 Å². The SMILES string of the molecule is CCNC(=O)NC(=O)C(C)N(C)Cc1ccc(CN)cc1. The van der Waals surface area contributed by atoms with Crippen molar-refractivity contribution in [3.63, 3.8) is 0 Å². The van der Waals surface area contributed by atoms with Crippen LogP contribution < -0.4 is 16.4 Å². The minimum atomic E-state index is -0.463. The van der Waals surface area contributed by atoms with E-state index in [9.17, 15) is 9.59 Å². The number of imide groups is 1. The average molecular weight is 292 g/mol. The summed E-state index contributed by atoms with van der Waals surface area (Å²) in [5, 5.41) is 4.85. The summed E-state index contributed by atoms with van der Waals surface area (Å²) in [5.74, 6) is -0.318. The van der Waals surface area contributed by atoms with Gasteiger partial charge in [0.05, 0.1) is 6.04 Å². The van der Waals surface area contributed by atoms with Crippen molar-refractivity contribution in [3.8, 4) is 0 Å². The Labute approximate surface area is 125 Å². The number of hydrogen-bond acceptors (Lipinski definition) is 4. The zero-order chi connectivity index (χ0) is 15.8. The smallest absolute Gasteiger partial charge is 0.321 e. The highest BCUT2D eigenvalue weighted by Crippen LogP contribution is 2.08. The zero-order valence-electron chi connectivity index (χ0n) is 12.8. The van der Waals surface area contributed by atoms with Gasteiger partial charge >= 0.3 is 6.03 Å². The van der Waals surface area contributed by atoms with Gasteiger partial charge in [-0.15, -0.1) is 0 Å². The summed E-state index contributed by atoms with van der Waals surface area (Å²) in [6.45, 7) is 5.18. The third-order valence-electron chi connectivity index (χ3n) is 3.31. The van der Waals surface area contributed by atoms with E-state index in [2.05, 4.69) is 10.6 Å². The summed E-state index contributed by atoms with van der Waals surface area (Å²) in [5.41, 5.74) is 7.72. The van der Waals surface area contributed by atoms with Crippen LogP contribution in [0.25, 0.3) is 0 Å². The first-order valence-corrected chi connectivity index (χ1v) is 7.04. The fourth-order valence-electron chi connectivity index (χ4n) is 1.83. The maximum Gasteiger partial charge on any atom is 0.321 e. The molecule has 0 aromatic heterocycles. The van der Waals surface area contributed by atoms with E-state index in [1.807, 2.05) is 36.2 Å². The maximum atomic E-state index is 11.9. The number of rotatable bonds is 6. The number of hydrogen-bond donors (Lipinski definition) is 3. The van der Waals surface area contributed by atoms with Crippen LogP contribution in [0.2, 0.25) is 0 Å². The van der Waals surface area contributed by atoms with Gasteiger partial charge in [0.2, 0.25) is 5.91 Å². The molecule has 0 aliphatic rings. The molecule has 4 N–H and O–H groups in total. The molecule has 0 spiro atoms. The average Bonchev–Trinajstić information content (AvgIpc) is 2.47. The molecule has 6 heteroatoms. The predicted molar refractivity (Wildman–Crippen MR) is 82.5 cm³/mol. The number of nitrogens with one attached hydrogen (secondary N) is 2. The predicted octanol–water partition coefficient (Wildman–Crippen LogP) is 0.811. The molecule has 1 aromatic carbocycles. The largest absolute Gasteiger partial charge is 0.338 e. The van der Waals surface area contributed by atoms with Crippen molar-refractivity contribution in [1.29, 1.82) is 0 Å². The molecule has 1 rings (SSSR count). The van der Waals surface area contributed by atoms with Crippen molar-refractivity contribution in [2.75, 3.05) is 13.6 Å². The molecule has 0 bridgehead atoms. The van der Waals surface area contributed by atoms with Crippen LogP contribution in [0, 0.1) is 0 Å². The third kappa shape index (κ3) is 5.53. The molecule has 116 valence electrons.